The lowest BCUT2D eigenvalue weighted by Crippen LogP contribution is -2.28. The molecule has 0 atom stereocenters. The zero-order valence-electron chi connectivity index (χ0n) is 19.4. The number of nitrogens with zero attached hydrogens (tertiary/aromatic N) is 2. The minimum Gasteiger partial charge on any atom is -0.310 e. The highest BCUT2D eigenvalue weighted by Gasteiger charge is 2.16. The number of anilines is 3. The molecule has 0 spiro atoms. The van der Waals surface area contributed by atoms with Crippen LogP contribution in [0.4, 0.5) is 17.1 Å². The Bertz CT molecular complexity index is 1770. The average molecular weight is 467 g/mol. The zero-order valence-corrected chi connectivity index (χ0v) is 19.4. The van der Waals surface area contributed by atoms with Crippen molar-refractivity contribution in [2.45, 2.75) is 0 Å². The molecule has 0 saturated heterocycles. The summed E-state index contributed by atoms with van der Waals surface area (Å²) in [6.07, 6.45) is 0. The summed E-state index contributed by atoms with van der Waals surface area (Å²) in [5.41, 5.74) is 2.65. The van der Waals surface area contributed by atoms with Crippen LogP contribution in [0, 0.1) is 0 Å². The number of hydrogen-bond donors (Lipinski definition) is 0. The van der Waals surface area contributed by atoms with Gasteiger partial charge in [-0.3, -0.25) is 9.59 Å². The summed E-state index contributed by atoms with van der Waals surface area (Å²) >= 11 is 0. The number of hydrogen-bond acceptors (Lipinski definition) is 3. The summed E-state index contributed by atoms with van der Waals surface area (Å²) in [6, 6.07) is 42.4. The Kier molecular flexibility index (Phi) is 5.39. The Labute approximate surface area is 207 Å². The van der Waals surface area contributed by atoms with Gasteiger partial charge in [0.2, 0.25) is 0 Å². The Hall–Kier alpha value is -4.96. The summed E-state index contributed by atoms with van der Waals surface area (Å²) in [6.45, 7) is 0. The summed E-state index contributed by atoms with van der Waals surface area (Å²) in [5.74, 6) is 0. The van der Waals surface area contributed by atoms with Crippen molar-refractivity contribution in [2.75, 3.05) is 4.90 Å². The van der Waals surface area contributed by atoms with E-state index in [0.29, 0.717) is 16.5 Å². The standard InChI is InChI=1S/C32H22N2O2/c35-31-29-19-11-10-18-27(29)28-21-20-26(22-30(28)32(36)34(31)25-16-8-3-9-17-25)33(23-12-4-1-5-13-23)24-14-6-2-7-15-24/h1-22H. The van der Waals surface area contributed by atoms with Gasteiger partial charge >= 0.3 is 0 Å². The molecule has 6 aromatic rings. The van der Waals surface area contributed by atoms with Crippen LogP contribution in [0.25, 0.3) is 27.2 Å². The van der Waals surface area contributed by atoms with Gasteiger partial charge in [0.05, 0.1) is 11.1 Å². The van der Waals surface area contributed by atoms with E-state index in [4.69, 9.17) is 0 Å². The number of rotatable bonds is 4. The fraction of sp³-hybridized carbons (Fsp3) is 0. The topological polar surface area (TPSA) is 42.3 Å². The van der Waals surface area contributed by atoms with Crippen molar-refractivity contribution in [2.24, 2.45) is 0 Å². The van der Waals surface area contributed by atoms with E-state index in [0.717, 1.165) is 27.8 Å². The molecular formula is C32H22N2O2. The highest BCUT2D eigenvalue weighted by Crippen LogP contribution is 2.35. The Morgan fingerprint density at radius 1 is 0.417 bits per heavy atom. The second-order valence-corrected chi connectivity index (χ2v) is 8.56. The predicted octanol–water partition coefficient (Wildman–Crippen LogP) is 6.97. The second-order valence-electron chi connectivity index (χ2n) is 8.56. The average Bonchev–Trinajstić information content (AvgIpc) is 3.03. The molecule has 0 aliphatic carbocycles. The molecule has 0 N–H and O–H groups in total. The van der Waals surface area contributed by atoms with E-state index >= 15 is 0 Å². The van der Waals surface area contributed by atoms with Gasteiger partial charge < -0.3 is 4.90 Å². The largest absolute Gasteiger partial charge is 0.310 e. The third-order valence-corrected chi connectivity index (χ3v) is 6.39. The minimum atomic E-state index is -0.347. The normalized spacial score (nSPS) is 11.0. The van der Waals surface area contributed by atoms with Crippen LogP contribution in [-0.4, -0.2) is 4.57 Å². The number of benzene rings is 5. The lowest BCUT2D eigenvalue weighted by Gasteiger charge is -2.25. The minimum absolute atomic E-state index is 0.331. The van der Waals surface area contributed by atoms with Crippen LogP contribution in [0.2, 0.25) is 0 Å². The van der Waals surface area contributed by atoms with E-state index < -0.39 is 0 Å². The summed E-state index contributed by atoms with van der Waals surface area (Å²) < 4.78 is 1.28. The highest BCUT2D eigenvalue weighted by molar-refractivity contribution is 6.06. The molecule has 0 unspecified atom stereocenters. The predicted molar refractivity (Wildman–Crippen MR) is 148 cm³/mol. The first-order valence-corrected chi connectivity index (χ1v) is 11.8. The maximum Gasteiger partial charge on any atom is 0.266 e. The van der Waals surface area contributed by atoms with Gasteiger partial charge in [0.15, 0.2) is 0 Å². The molecule has 4 nitrogen and oxygen atoms in total. The SMILES string of the molecule is O=c1c2ccccc2c2ccc(N(c3ccccc3)c3ccccc3)cc2c(=O)n1-c1ccccc1. The smallest absolute Gasteiger partial charge is 0.266 e. The third-order valence-electron chi connectivity index (χ3n) is 6.39. The van der Waals surface area contributed by atoms with Gasteiger partial charge in [0, 0.05) is 22.4 Å². The highest BCUT2D eigenvalue weighted by atomic mass is 16.2. The van der Waals surface area contributed by atoms with Gasteiger partial charge in [-0.05, 0) is 65.4 Å². The van der Waals surface area contributed by atoms with Crippen LogP contribution in [0.5, 0.6) is 0 Å². The lowest BCUT2D eigenvalue weighted by atomic mass is 10.1. The van der Waals surface area contributed by atoms with E-state index in [9.17, 15) is 9.59 Å². The van der Waals surface area contributed by atoms with Crippen molar-refractivity contribution in [1.82, 2.24) is 4.57 Å². The Balaban J connectivity index is 1.73. The number of para-hydroxylation sites is 3. The van der Waals surface area contributed by atoms with Crippen molar-refractivity contribution >= 4 is 38.6 Å². The molecule has 0 bridgehead atoms. The maximum atomic E-state index is 14.1. The van der Waals surface area contributed by atoms with Gasteiger partial charge in [0.1, 0.15) is 0 Å². The van der Waals surface area contributed by atoms with E-state index in [-0.39, 0.29) is 11.1 Å². The molecule has 0 aliphatic heterocycles. The lowest BCUT2D eigenvalue weighted by molar-refractivity contribution is 0.976. The molecule has 0 aliphatic rings. The van der Waals surface area contributed by atoms with E-state index in [1.807, 2.05) is 115 Å². The van der Waals surface area contributed by atoms with Crippen LogP contribution >= 0.6 is 0 Å². The van der Waals surface area contributed by atoms with Gasteiger partial charge in [-0.1, -0.05) is 78.9 Å². The van der Waals surface area contributed by atoms with Crippen molar-refractivity contribution in [3.8, 4) is 5.69 Å². The summed E-state index contributed by atoms with van der Waals surface area (Å²) in [5, 5.41) is 2.48. The van der Waals surface area contributed by atoms with Crippen LogP contribution in [0.1, 0.15) is 0 Å². The summed E-state index contributed by atoms with van der Waals surface area (Å²) in [4.78, 5) is 29.8. The van der Waals surface area contributed by atoms with Crippen molar-refractivity contribution in [3.63, 3.8) is 0 Å². The number of aromatic nitrogens is 1. The molecule has 1 heterocycles. The molecular weight excluding hydrogens is 444 g/mol. The molecule has 0 radical (unpaired) electrons. The first-order valence-electron chi connectivity index (χ1n) is 11.8. The third kappa shape index (κ3) is 3.65. The summed E-state index contributed by atoms with van der Waals surface area (Å²) in [7, 11) is 0. The monoisotopic (exact) mass is 466 g/mol. The van der Waals surface area contributed by atoms with E-state index in [1.165, 1.54) is 4.57 Å². The molecule has 6 rings (SSSR count). The zero-order chi connectivity index (χ0) is 24.5. The molecule has 36 heavy (non-hydrogen) atoms. The van der Waals surface area contributed by atoms with E-state index in [2.05, 4.69) is 4.90 Å². The van der Waals surface area contributed by atoms with Gasteiger partial charge in [-0.15, -0.1) is 0 Å². The fourth-order valence-corrected chi connectivity index (χ4v) is 4.73. The molecule has 0 amide bonds. The Morgan fingerprint density at radius 3 is 1.50 bits per heavy atom. The first kappa shape index (κ1) is 21.6. The molecule has 172 valence electrons. The molecule has 5 aromatic carbocycles. The fourth-order valence-electron chi connectivity index (χ4n) is 4.73. The molecule has 4 heteroatoms. The van der Waals surface area contributed by atoms with Crippen LogP contribution in [0.3, 0.4) is 0 Å². The van der Waals surface area contributed by atoms with Crippen molar-refractivity contribution in [1.29, 1.82) is 0 Å². The van der Waals surface area contributed by atoms with Crippen LogP contribution in [-0.2, 0) is 0 Å². The van der Waals surface area contributed by atoms with Gasteiger partial charge in [-0.25, -0.2) is 4.57 Å². The first-order chi connectivity index (χ1) is 17.7. The van der Waals surface area contributed by atoms with Gasteiger partial charge in [0.25, 0.3) is 11.1 Å². The number of fused-ring (bicyclic) bond motifs is 3. The Morgan fingerprint density at radius 2 is 0.889 bits per heavy atom. The second kappa shape index (κ2) is 9.01. The molecule has 1 aromatic heterocycles. The van der Waals surface area contributed by atoms with Crippen LogP contribution < -0.4 is 16.0 Å². The van der Waals surface area contributed by atoms with Crippen molar-refractivity contribution < 1.29 is 0 Å². The molecule has 0 fully saturated rings. The van der Waals surface area contributed by atoms with Gasteiger partial charge in [-0.2, -0.15) is 0 Å². The maximum absolute atomic E-state index is 14.1. The van der Waals surface area contributed by atoms with Crippen molar-refractivity contribution in [3.05, 3.63) is 154 Å². The quantitative estimate of drug-likeness (QED) is 0.282. The van der Waals surface area contributed by atoms with E-state index in [1.54, 1.807) is 18.2 Å². The molecule has 0 saturated carbocycles. The van der Waals surface area contributed by atoms with Crippen LogP contribution in [0.15, 0.2) is 143 Å².